The monoisotopic (exact) mass is 432 g/mol. The van der Waals surface area contributed by atoms with E-state index in [4.69, 9.17) is 0 Å². The van der Waals surface area contributed by atoms with Crippen LogP contribution in [0.25, 0.3) is 56.6 Å². The van der Waals surface area contributed by atoms with Crippen molar-refractivity contribution in [1.82, 2.24) is 0 Å². The molecule has 0 heterocycles. The van der Waals surface area contributed by atoms with Crippen LogP contribution in [-0.4, -0.2) is 0 Å². The maximum atomic E-state index is 2.28. The van der Waals surface area contributed by atoms with Crippen molar-refractivity contribution >= 4 is 56.6 Å². The molecule has 0 radical (unpaired) electrons. The molecule has 0 aliphatic rings. The molecule has 0 nitrogen and oxygen atoms in total. The summed E-state index contributed by atoms with van der Waals surface area (Å²) in [5.41, 5.74) is 4.90. The third-order valence-electron chi connectivity index (χ3n) is 6.47. The zero-order chi connectivity index (χ0) is 22.7. The summed E-state index contributed by atoms with van der Waals surface area (Å²) in [6.07, 6.45) is 8.86. The van der Waals surface area contributed by atoms with Gasteiger partial charge in [-0.1, -0.05) is 140 Å². The van der Waals surface area contributed by atoms with E-state index in [1.54, 1.807) is 0 Å². The van der Waals surface area contributed by atoms with Gasteiger partial charge in [-0.25, -0.2) is 0 Å². The van der Waals surface area contributed by atoms with Crippen molar-refractivity contribution in [3.05, 3.63) is 144 Å². The third-order valence-corrected chi connectivity index (χ3v) is 6.47. The molecule has 0 bridgehead atoms. The highest BCUT2D eigenvalue weighted by atomic mass is 14.1. The number of fused-ring (bicyclic) bond motifs is 3. The summed E-state index contributed by atoms with van der Waals surface area (Å²) in [7, 11) is 0. The summed E-state index contributed by atoms with van der Waals surface area (Å²) in [4.78, 5) is 0. The number of hydrogen-bond acceptors (Lipinski definition) is 0. The van der Waals surface area contributed by atoms with Gasteiger partial charge in [-0.15, -0.1) is 0 Å². The summed E-state index contributed by atoms with van der Waals surface area (Å²) in [5, 5.41) is 7.66. The van der Waals surface area contributed by atoms with E-state index in [1.165, 1.54) is 54.6 Å². The summed E-state index contributed by atoms with van der Waals surface area (Å²) in [6.45, 7) is 0. The first-order valence-electron chi connectivity index (χ1n) is 11.7. The van der Waals surface area contributed by atoms with Crippen LogP contribution in [0, 0.1) is 0 Å². The lowest BCUT2D eigenvalue weighted by molar-refractivity contribution is 1.62. The average Bonchev–Trinajstić information content (AvgIpc) is 2.90. The molecule has 0 aliphatic heterocycles. The quantitative estimate of drug-likeness (QED) is 0.192. The van der Waals surface area contributed by atoms with Gasteiger partial charge in [0.05, 0.1) is 0 Å². The summed E-state index contributed by atoms with van der Waals surface area (Å²) in [5.74, 6) is 0. The van der Waals surface area contributed by atoms with Crippen LogP contribution < -0.4 is 0 Å². The first kappa shape index (κ1) is 20.2. The first-order valence-corrected chi connectivity index (χ1v) is 11.7. The highest BCUT2D eigenvalue weighted by Gasteiger charge is 2.04. The molecule has 0 amide bonds. The van der Waals surface area contributed by atoms with Gasteiger partial charge >= 0.3 is 0 Å². The van der Waals surface area contributed by atoms with Crippen LogP contribution >= 0.6 is 0 Å². The maximum Gasteiger partial charge on any atom is -0.00992 e. The van der Waals surface area contributed by atoms with E-state index >= 15 is 0 Å². The fourth-order valence-corrected chi connectivity index (χ4v) is 4.71. The average molecular weight is 433 g/mol. The Hall–Kier alpha value is -4.42. The van der Waals surface area contributed by atoms with Crippen LogP contribution in [0.5, 0.6) is 0 Å². The Kier molecular flexibility index (Phi) is 5.26. The van der Waals surface area contributed by atoms with Crippen LogP contribution in [0.15, 0.2) is 121 Å². The van der Waals surface area contributed by atoms with Gasteiger partial charge in [0.2, 0.25) is 0 Å². The second kappa shape index (κ2) is 8.84. The Morgan fingerprint density at radius 2 is 0.853 bits per heavy atom. The third kappa shape index (κ3) is 3.91. The topological polar surface area (TPSA) is 0 Å². The Balaban J connectivity index is 1.30. The minimum absolute atomic E-state index is 1.19. The lowest BCUT2D eigenvalue weighted by atomic mass is 9.96. The molecule has 0 fully saturated rings. The molecule has 6 aromatic carbocycles. The van der Waals surface area contributed by atoms with Gasteiger partial charge in [0.25, 0.3) is 0 Å². The van der Waals surface area contributed by atoms with E-state index in [9.17, 15) is 0 Å². The summed E-state index contributed by atoms with van der Waals surface area (Å²) >= 11 is 0. The lowest BCUT2D eigenvalue weighted by Gasteiger charge is -2.08. The number of rotatable bonds is 4. The highest BCUT2D eigenvalue weighted by Crippen LogP contribution is 2.30. The van der Waals surface area contributed by atoms with Crippen molar-refractivity contribution in [2.75, 3.05) is 0 Å². The van der Waals surface area contributed by atoms with Crippen LogP contribution in [0.2, 0.25) is 0 Å². The standard InChI is InChI=1S/C34H24/c1-4-13-31-27(8-1)11-7-12-28(31)22-20-25-16-18-26(19-17-25)21-23-34-32-14-5-2-9-29(32)24-30-10-3-6-15-33(30)34/h1-24H/b22-20+,23-21+. The molecule has 0 saturated carbocycles. The van der Waals surface area contributed by atoms with E-state index in [0.717, 1.165) is 0 Å². The van der Waals surface area contributed by atoms with Gasteiger partial charge in [0.1, 0.15) is 0 Å². The molecule has 6 aromatic rings. The molecule has 0 saturated heterocycles. The van der Waals surface area contributed by atoms with Crippen molar-refractivity contribution < 1.29 is 0 Å². The fourth-order valence-electron chi connectivity index (χ4n) is 4.71. The zero-order valence-corrected chi connectivity index (χ0v) is 18.9. The Morgan fingerprint density at radius 3 is 1.50 bits per heavy atom. The van der Waals surface area contributed by atoms with E-state index in [1.807, 2.05) is 0 Å². The van der Waals surface area contributed by atoms with Gasteiger partial charge in [-0.2, -0.15) is 0 Å². The molecular formula is C34H24. The molecule has 34 heavy (non-hydrogen) atoms. The van der Waals surface area contributed by atoms with Crippen LogP contribution in [0.3, 0.4) is 0 Å². The highest BCUT2D eigenvalue weighted by molar-refractivity contribution is 6.08. The first-order chi connectivity index (χ1) is 16.8. The predicted molar refractivity (Wildman–Crippen MR) is 150 cm³/mol. The largest absolute Gasteiger partial charge is 0.0616 e. The van der Waals surface area contributed by atoms with Gasteiger partial charge in [0, 0.05) is 0 Å². The molecule has 0 spiro atoms. The van der Waals surface area contributed by atoms with Crippen LogP contribution in [0.1, 0.15) is 22.3 Å². The lowest BCUT2D eigenvalue weighted by Crippen LogP contribution is -1.83. The maximum absolute atomic E-state index is 2.28. The zero-order valence-electron chi connectivity index (χ0n) is 18.9. The van der Waals surface area contributed by atoms with E-state index in [2.05, 4.69) is 146 Å². The van der Waals surface area contributed by atoms with Crippen molar-refractivity contribution in [3.8, 4) is 0 Å². The van der Waals surface area contributed by atoms with E-state index in [-0.39, 0.29) is 0 Å². The SMILES string of the molecule is C(=C\c1cccc2ccccc12)/c1ccc(/C=C/c2c3ccccc3cc3ccccc23)cc1. The van der Waals surface area contributed by atoms with Crippen molar-refractivity contribution in [3.63, 3.8) is 0 Å². The van der Waals surface area contributed by atoms with Crippen molar-refractivity contribution in [2.24, 2.45) is 0 Å². The Morgan fingerprint density at radius 1 is 0.353 bits per heavy atom. The normalized spacial score (nSPS) is 11.9. The molecule has 0 unspecified atom stereocenters. The predicted octanol–water partition coefficient (Wildman–Crippen LogP) is 9.49. The minimum atomic E-state index is 1.19. The van der Waals surface area contributed by atoms with Gasteiger partial charge in [0.15, 0.2) is 0 Å². The molecular weight excluding hydrogens is 408 g/mol. The molecule has 0 aromatic heterocycles. The molecule has 0 heteroatoms. The van der Waals surface area contributed by atoms with E-state index in [0.29, 0.717) is 0 Å². The Labute approximate surface area is 200 Å². The molecule has 0 N–H and O–H groups in total. The van der Waals surface area contributed by atoms with Crippen molar-refractivity contribution in [1.29, 1.82) is 0 Å². The van der Waals surface area contributed by atoms with Crippen LogP contribution in [-0.2, 0) is 0 Å². The molecule has 6 rings (SSSR count). The van der Waals surface area contributed by atoms with Crippen molar-refractivity contribution in [2.45, 2.75) is 0 Å². The smallest absolute Gasteiger partial charge is 0.00992 e. The second-order valence-electron chi connectivity index (χ2n) is 8.63. The summed E-state index contributed by atoms with van der Waals surface area (Å²) < 4.78 is 0. The fraction of sp³-hybridized carbons (Fsp3) is 0. The van der Waals surface area contributed by atoms with E-state index < -0.39 is 0 Å². The molecule has 160 valence electrons. The van der Waals surface area contributed by atoms with Gasteiger partial charge < -0.3 is 0 Å². The number of hydrogen-bond donors (Lipinski definition) is 0. The van der Waals surface area contributed by atoms with Crippen LogP contribution in [0.4, 0.5) is 0 Å². The molecule has 0 atom stereocenters. The summed E-state index contributed by atoms with van der Waals surface area (Å²) in [6, 6.07) is 43.2. The minimum Gasteiger partial charge on any atom is -0.0616 e. The van der Waals surface area contributed by atoms with Gasteiger partial charge in [-0.3, -0.25) is 0 Å². The van der Waals surface area contributed by atoms with Gasteiger partial charge in [-0.05, 0) is 60.6 Å². The Bertz CT molecular complexity index is 1620. The molecule has 0 aliphatic carbocycles. The second-order valence-corrected chi connectivity index (χ2v) is 8.63. The number of benzene rings is 6.